The van der Waals surface area contributed by atoms with Crippen molar-refractivity contribution in [1.82, 2.24) is 5.01 Å². The number of fused-ring (bicyclic) bond motifs is 1. The number of rotatable bonds is 2. The van der Waals surface area contributed by atoms with Gasteiger partial charge >= 0.3 is 0 Å². The van der Waals surface area contributed by atoms with Gasteiger partial charge in [0.15, 0.2) is 0 Å². The third-order valence-corrected chi connectivity index (χ3v) is 4.66. The summed E-state index contributed by atoms with van der Waals surface area (Å²) in [4.78, 5) is 3.38. The first-order valence-electron chi connectivity index (χ1n) is 6.77. The van der Waals surface area contributed by atoms with E-state index in [-0.39, 0.29) is 6.04 Å². The van der Waals surface area contributed by atoms with Gasteiger partial charge in [-0.1, -0.05) is 23.7 Å². The van der Waals surface area contributed by atoms with E-state index in [1.54, 1.807) is 18.2 Å². The van der Waals surface area contributed by atoms with Crippen molar-refractivity contribution in [3.63, 3.8) is 0 Å². The maximum atomic E-state index is 14.0. The Morgan fingerprint density at radius 1 is 1.52 bits per heavy atom. The molecule has 1 aromatic carbocycles. The van der Waals surface area contributed by atoms with Crippen LogP contribution in [-0.4, -0.2) is 42.7 Å². The van der Waals surface area contributed by atoms with Crippen LogP contribution in [0.4, 0.5) is 10.1 Å². The van der Waals surface area contributed by atoms with Crippen molar-refractivity contribution in [2.24, 2.45) is 5.10 Å². The summed E-state index contributed by atoms with van der Waals surface area (Å²) in [6.45, 7) is 9.54. The number of halogens is 2. The van der Waals surface area contributed by atoms with Crippen LogP contribution in [0, 0.1) is 13.5 Å². The van der Waals surface area contributed by atoms with Crippen LogP contribution >= 0.6 is 11.6 Å². The average Bonchev–Trinajstić information content (AvgIpc) is 3.02. The summed E-state index contributed by atoms with van der Waals surface area (Å²) in [5.41, 5.74) is 2.71. The van der Waals surface area contributed by atoms with E-state index in [4.69, 9.17) is 22.9 Å². The van der Waals surface area contributed by atoms with Crippen molar-refractivity contribution in [1.29, 1.82) is 0 Å². The van der Waals surface area contributed by atoms with Crippen LogP contribution < -0.4 is 0 Å². The van der Waals surface area contributed by atoms with Gasteiger partial charge in [0.05, 0.1) is 17.3 Å². The van der Waals surface area contributed by atoms with Crippen LogP contribution in [0.15, 0.2) is 17.2 Å². The largest absolute Gasteiger partial charge is 0.373 e. The lowest BCUT2D eigenvalue weighted by Gasteiger charge is -2.22. The van der Waals surface area contributed by atoms with Gasteiger partial charge in [-0.05, 0) is 18.9 Å². The molecule has 2 aliphatic rings. The number of methoxy groups -OCH3 is 1. The Bertz CT molecular complexity index is 655. The summed E-state index contributed by atoms with van der Waals surface area (Å²) >= 11 is 6.22. The van der Waals surface area contributed by atoms with Gasteiger partial charge in [-0.2, -0.15) is 5.10 Å². The molecule has 0 radical (unpaired) electrons. The summed E-state index contributed by atoms with van der Waals surface area (Å²) < 4.78 is 19.5. The number of alkyl halides is 1. The molecule has 0 aliphatic carbocycles. The lowest BCUT2D eigenvalue weighted by Crippen LogP contribution is -2.40. The third-order valence-electron chi connectivity index (χ3n) is 4.18. The van der Waals surface area contributed by atoms with Crippen molar-refractivity contribution >= 4 is 23.0 Å². The molecule has 4 nitrogen and oxygen atoms in total. The molecule has 2 heterocycles. The normalized spacial score (nSPS) is 27.5. The zero-order chi connectivity index (χ0) is 15.1. The molecule has 110 valence electrons. The zero-order valence-corrected chi connectivity index (χ0v) is 12.6. The second-order valence-electron chi connectivity index (χ2n) is 5.28. The van der Waals surface area contributed by atoms with Crippen LogP contribution in [0.5, 0.6) is 0 Å². The quantitative estimate of drug-likeness (QED) is 0.784. The van der Waals surface area contributed by atoms with E-state index in [1.807, 2.05) is 13.0 Å². The SMILES string of the molecule is [C-]#[N+]c1ccc(C2=NN3CC[C@@H](F)[C@H]3[C@@H]2OC)c(C)c1Cl. The minimum absolute atomic E-state index is 0.358. The van der Waals surface area contributed by atoms with E-state index in [0.29, 0.717) is 29.4 Å². The van der Waals surface area contributed by atoms with Gasteiger partial charge < -0.3 is 4.74 Å². The van der Waals surface area contributed by atoms with E-state index in [1.165, 1.54) is 0 Å². The predicted molar refractivity (Wildman–Crippen MR) is 79.8 cm³/mol. The number of nitrogens with zero attached hydrogens (tertiary/aromatic N) is 3. The van der Waals surface area contributed by atoms with Gasteiger partial charge in [0, 0.05) is 19.2 Å². The highest BCUT2D eigenvalue weighted by molar-refractivity contribution is 6.34. The molecular formula is C15H15ClFN3O. The molecule has 21 heavy (non-hydrogen) atoms. The fraction of sp³-hybridized carbons (Fsp3) is 0.467. The van der Waals surface area contributed by atoms with Gasteiger partial charge in [0.2, 0.25) is 5.69 Å². The fourth-order valence-electron chi connectivity index (χ4n) is 3.07. The van der Waals surface area contributed by atoms with Gasteiger partial charge in [-0.15, -0.1) is 0 Å². The molecule has 0 N–H and O–H groups in total. The topological polar surface area (TPSA) is 29.2 Å². The van der Waals surface area contributed by atoms with E-state index < -0.39 is 12.3 Å². The molecule has 1 saturated heterocycles. The fourth-order valence-corrected chi connectivity index (χ4v) is 3.28. The molecule has 3 rings (SSSR count). The highest BCUT2D eigenvalue weighted by Crippen LogP contribution is 2.36. The molecule has 0 aromatic heterocycles. The monoisotopic (exact) mass is 307 g/mol. The molecule has 0 amide bonds. The first-order chi connectivity index (χ1) is 10.1. The van der Waals surface area contributed by atoms with E-state index >= 15 is 0 Å². The highest BCUT2D eigenvalue weighted by atomic mass is 35.5. The van der Waals surface area contributed by atoms with Crippen LogP contribution in [0.25, 0.3) is 4.85 Å². The Morgan fingerprint density at radius 2 is 2.29 bits per heavy atom. The Morgan fingerprint density at radius 3 is 2.95 bits per heavy atom. The Balaban J connectivity index is 2.05. The zero-order valence-electron chi connectivity index (χ0n) is 11.8. The molecule has 1 aromatic rings. The molecule has 0 saturated carbocycles. The number of benzene rings is 1. The summed E-state index contributed by atoms with van der Waals surface area (Å²) in [6.07, 6.45) is -0.858. The van der Waals surface area contributed by atoms with Crippen LogP contribution in [0.1, 0.15) is 17.5 Å². The first-order valence-corrected chi connectivity index (χ1v) is 7.15. The summed E-state index contributed by atoms with van der Waals surface area (Å²) in [5, 5.41) is 6.72. The minimum atomic E-state index is -0.936. The molecule has 0 spiro atoms. The number of hydrazone groups is 1. The maximum Gasteiger partial charge on any atom is 0.205 e. The Hall–Kier alpha value is -1.64. The minimum Gasteiger partial charge on any atom is -0.373 e. The highest BCUT2D eigenvalue weighted by Gasteiger charge is 2.47. The van der Waals surface area contributed by atoms with Crippen molar-refractivity contribution in [2.75, 3.05) is 13.7 Å². The van der Waals surface area contributed by atoms with E-state index in [2.05, 4.69) is 9.95 Å². The average molecular weight is 308 g/mol. The summed E-state index contributed by atoms with van der Waals surface area (Å²) in [7, 11) is 1.57. The van der Waals surface area contributed by atoms with Gasteiger partial charge in [-0.3, -0.25) is 5.01 Å². The predicted octanol–water partition coefficient (Wildman–Crippen LogP) is 3.34. The second kappa shape index (κ2) is 5.28. The van der Waals surface area contributed by atoms with Crippen molar-refractivity contribution in [3.8, 4) is 0 Å². The molecular weight excluding hydrogens is 293 g/mol. The van der Waals surface area contributed by atoms with Gasteiger partial charge in [-0.25, -0.2) is 9.24 Å². The van der Waals surface area contributed by atoms with Crippen LogP contribution in [0.2, 0.25) is 5.02 Å². The molecule has 1 fully saturated rings. The second-order valence-corrected chi connectivity index (χ2v) is 5.66. The molecule has 2 aliphatic heterocycles. The molecule has 0 bridgehead atoms. The molecule has 3 atom stereocenters. The molecule has 0 unspecified atom stereocenters. The molecule has 6 heteroatoms. The number of ether oxygens (including phenoxy) is 1. The number of hydrogen-bond acceptors (Lipinski definition) is 3. The first kappa shape index (κ1) is 14.3. The van der Waals surface area contributed by atoms with Crippen LogP contribution in [-0.2, 0) is 4.74 Å². The smallest absolute Gasteiger partial charge is 0.205 e. The maximum absolute atomic E-state index is 14.0. The van der Waals surface area contributed by atoms with E-state index in [0.717, 1.165) is 11.1 Å². The van der Waals surface area contributed by atoms with Crippen molar-refractivity contribution in [3.05, 3.63) is 39.7 Å². The third kappa shape index (κ3) is 2.10. The Labute approximate surface area is 128 Å². The van der Waals surface area contributed by atoms with E-state index in [9.17, 15) is 4.39 Å². The Kier molecular flexibility index (Phi) is 3.60. The number of hydrogen-bond donors (Lipinski definition) is 0. The van der Waals surface area contributed by atoms with Crippen molar-refractivity contribution < 1.29 is 9.13 Å². The summed E-state index contributed by atoms with van der Waals surface area (Å²) in [6, 6.07) is 3.13. The van der Waals surface area contributed by atoms with Crippen molar-refractivity contribution in [2.45, 2.75) is 31.7 Å². The lowest BCUT2D eigenvalue weighted by molar-refractivity contribution is 0.0701. The summed E-state index contributed by atoms with van der Waals surface area (Å²) in [5.74, 6) is 0. The standard InChI is InChI=1S/C15H15ClFN3O/c1-8-9(4-5-11(18-2)12(8)16)13-15(21-3)14-10(17)6-7-20(14)19-13/h4-5,10,14-15H,6-7H2,1,3H3/t10-,14+,15-/m1/s1. The van der Waals surface area contributed by atoms with Gasteiger partial charge in [0.25, 0.3) is 0 Å². The van der Waals surface area contributed by atoms with Gasteiger partial charge in [0.1, 0.15) is 18.3 Å². The van der Waals surface area contributed by atoms with Crippen LogP contribution in [0.3, 0.4) is 0 Å². The lowest BCUT2D eigenvalue weighted by atomic mass is 9.95.